The number of nitrogens with two attached hydrogens (primary N) is 1. The number of furan rings is 1. The van der Waals surface area contributed by atoms with Crippen molar-refractivity contribution < 1.29 is 22.4 Å². The first-order valence-electron chi connectivity index (χ1n) is 7.19. The molecule has 0 aliphatic carbocycles. The Morgan fingerprint density at radius 2 is 2.00 bits per heavy atom. The molecule has 0 radical (unpaired) electrons. The number of nitrogens with one attached hydrogen (secondary N) is 1. The van der Waals surface area contributed by atoms with Crippen molar-refractivity contribution in [2.24, 2.45) is 0 Å². The van der Waals surface area contributed by atoms with Gasteiger partial charge in [0.15, 0.2) is 5.76 Å². The molecule has 26 heavy (non-hydrogen) atoms. The molecule has 0 atom stereocenters. The second kappa shape index (κ2) is 7.12. The number of amides is 1. The number of carbonyl (C=O) groups excluding carboxylic acids is 1. The van der Waals surface area contributed by atoms with E-state index in [1.165, 1.54) is 24.5 Å². The van der Waals surface area contributed by atoms with Gasteiger partial charge in [0.1, 0.15) is 0 Å². The number of alkyl halides is 3. The summed E-state index contributed by atoms with van der Waals surface area (Å²) in [6.07, 6.45) is -3.12. The average Bonchev–Trinajstić information content (AvgIpc) is 3.22. The Balaban J connectivity index is 1.66. The zero-order valence-corrected chi connectivity index (χ0v) is 13.8. The van der Waals surface area contributed by atoms with Gasteiger partial charge >= 0.3 is 6.18 Å². The molecule has 0 unspecified atom stereocenters. The Hall–Kier alpha value is -2.95. The van der Waals surface area contributed by atoms with Crippen molar-refractivity contribution >= 4 is 23.4 Å². The zero-order valence-electron chi connectivity index (χ0n) is 13.0. The van der Waals surface area contributed by atoms with Gasteiger partial charge in [-0.1, -0.05) is 23.9 Å². The number of nitrogens with zero attached hydrogens (tertiary/aromatic N) is 3. The van der Waals surface area contributed by atoms with E-state index < -0.39 is 17.6 Å². The van der Waals surface area contributed by atoms with E-state index in [0.29, 0.717) is 5.76 Å². The Labute approximate surface area is 149 Å². The SMILES string of the molecule is Nn1c(SCC(=O)Nc2ccccc2C(F)(F)F)nnc1-c1ccco1. The van der Waals surface area contributed by atoms with Crippen molar-refractivity contribution in [1.82, 2.24) is 14.9 Å². The maximum atomic E-state index is 12.9. The van der Waals surface area contributed by atoms with Crippen LogP contribution in [0.1, 0.15) is 5.56 Å². The highest BCUT2D eigenvalue weighted by atomic mass is 32.2. The molecule has 0 aliphatic heterocycles. The fourth-order valence-corrected chi connectivity index (χ4v) is 2.76. The number of benzene rings is 1. The van der Waals surface area contributed by atoms with Crippen LogP contribution in [0.4, 0.5) is 18.9 Å². The normalized spacial score (nSPS) is 11.5. The smallest absolute Gasteiger partial charge is 0.418 e. The van der Waals surface area contributed by atoms with Gasteiger partial charge in [0.25, 0.3) is 0 Å². The number of halogens is 3. The van der Waals surface area contributed by atoms with Crippen LogP contribution in [0, 0.1) is 0 Å². The van der Waals surface area contributed by atoms with E-state index in [4.69, 9.17) is 10.3 Å². The molecular weight excluding hydrogens is 371 g/mol. The number of carbonyl (C=O) groups is 1. The van der Waals surface area contributed by atoms with Gasteiger partial charge in [-0.2, -0.15) is 13.2 Å². The highest BCUT2D eigenvalue weighted by Gasteiger charge is 2.33. The van der Waals surface area contributed by atoms with Crippen LogP contribution in [0.5, 0.6) is 0 Å². The molecule has 0 aliphatic rings. The molecule has 0 saturated carbocycles. The van der Waals surface area contributed by atoms with Crippen LogP contribution >= 0.6 is 11.8 Å². The third-order valence-corrected chi connectivity index (χ3v) is 4.19. The van der Waals surface area contributed by atoms with Gasteiger partial charge in [-0.05, 0) is 24.3 Å². The predicted octanol–water partition coefficient (Wildman–Crippen LogP) is 3.00. The summed E-state index contributed by atoms with van der Waals surface area (Å²) in [5.41, 5.74) is -1.23. The highest BCUT2D eigenvalue weighted by Crippen LogP contribution is 2.34. The van der Waals surface area contributed by atoms with Crippen molar-refractivity contribution in [2.75, 3.05) is 16.9 Å². The van der Waals surface area contributed by atoms with Crippen LogP contribution in [0.2, 0.25) is 0 Å². The van der Waals surface area contributed by atoms with Crippen LogP contribution in [-0.4, -0.2) is 26.5 Å². The topological polar surface area (TPSA) is 99.0 Å². The van der Waals surface area contributed by atoms with E-state index in [9.17, 15) is 18.0 Å². The predicted molar refractivity (Wildman–Crippen MR) is 88.7 cm³/mol. The summed E-state index contributed by atoms with van der Waals surface area (Å²) in [7, 11) is 0. The summed E-state index contributed by atoms with van der Waals surface area (Å²) in [5.74, 6) is 5.68. The van der Waals surface area contributed by atoms with Gasteiger partial charge < -0.3 is 15.6 Å². The monoisotopic (exact) mass is 383 g/mol. The van der Waals surface area contributed by atoms with Crippen LogP contribution < -0.4 is 11.2 Å². The van der Waals surface area contributed by atoms with Crippen LogP contribution in [0.3, 0.4) is 0 Å². The maximum absolute atomic E-state index is 12.9. The first-order valence-corrected chi connectivity index (χ1v) is 8.18. The fraction of sp³-hybridized carbons (Fsp3) is 0.133. The zero-order chi connectivity index (χ0) is 18.7. The second-order valence-electron chi connectivity index (χ2n) is 5.03. The van der Waals surface area contributed by atoms with E-state index in [-0.39, 0.29) is 22.4 Å². The molecule has 0 spiro atoms. The molecule has 0 fully saturated rings. The van der Waals surface area contributed by atoms with Crippen molar-refractivity contribution in [3.63, 3.8) is 0 Å². The van der Waals surface area contributed by atoms with Crippen molar-refractivity contribution in [3.05, 3.63) is 48.2 Å². The molecule has 0 bridgehead atoms. The summed E-state index contributed by atoms with van der Waals surface area (Å²) in [5, 5.41) is 10.2. The third-order valence-electron chi connectivity index (χ3n) is 3.25. The standard InChI is InChI=1S/C15H12F3N5O2S/c16-15(17,18)9-4-1-2-5-10(9)20-12(24)8-26-14-22-21-13(23(14)19)11-6-3-7-25-11/h1-7H,8,19H2,(H,20,24). The third kappa shape index (κ3) is 3.82. The van der Waals surface area contributed by atoms with Crippen molar-refractivity contribution in [3.8, 4) is 11.6 Å². The summed E-state index contributed by atoms with van der Waals surface area (Å²) in [4.78, 5) is 12.0. The minimum absolute atomic E-state index is 0.195. The Morgan fingerprint density at radius 3 is 2.69 bits per heavy atom. The second-order valence-corrected chi connectivity index (χ2v) is 5.98. The van der Waals surface area contributed by atoms with Gasteiger partial charge in [-0.3, -0.25) is 4.79 Å². The van der Waals surface area contributed by atoms with Gasteiger partial charge in [0.2, 0.25) is 16.9 Å². The Kier molecular flexibility index (Phi) is 4.89. The molecule has 3 rings (SSSR count). The minimum atomic E-state index is -4.56. The number of nitrogen functional groups attached to an aromatic ring is 1. The lowest BCUT2D eigenvalue weighted by Gasteiger charge is -2.13. The number of hydrogen-bond donors (Lipinski definition) is 2. The molecular formula is C15H12F3N5O2S. The molecule has 3 N–H and O–H groups in total. The van der Waals surface area contributed by atoms with Gasteiger partial charge in [-0.25, -0.2) is 4.68 Å². The maximum Gasteiger partial charge on any atom is 0.418 e. The molecule has 0 saturated heterocycles. The first kappa shape index (κ1) is 17.9. The molecule has 7 nitrogen and oxygen atoms in total. The molecule has 2 heterocycles. The van der Waals surface area contributed by atoms with Crippen molar-refractivity contribution in [1.29, 1.82) is 0 Å². The molecule has 3 aromatic rings. The number of anilines is 1. The molecule has 136 valence electrons. The van der Waals surface area contributed by atoms with E-state index in [1.54, 1.807) is 12.1 Å². The lowest BCUT2D eigenvalue weighted by molar-refractivity contribution is -0.137. The first-order chi connectivity index (χ1) is 12.4. The van der Waals surface area contributed by atoms with Crippen LogP contribution in [-0.2, 0) is 11.0 Å². The number of hydrogen-bond acceptors (Lipinski definition) is 6. The van der Waals surface area contributed by atoms with E-state index in [0.717, 1.165) is 22.5 Å². The summed E-state index contributed by atoms with van der Waals surface area (Å²) >= 11 is 0.935. The Morgan fingerprint density at radius 1 is 1.23 bits per heavy atom. The number of aromatic nitrogens is 3. The van der Waals surface area contributed by atoms with E-state index in [1.807, 2.05) is 0 Å². The van der Waals surface area contributed by atoms with Crippen molar-refractivity contribution in [2.45, 2.75) is 11.3 Å². The lowest BCUT2D eigenvalue weighted by Crippen LogP contribution is -2.19. The number of para-hydroxylation sites is 1. The Bertz CT molecular complexity index is 908. The van der Waals surface area contributed by atoms with Gasteiger partial charge in [-0.15, -0.1) is 10.2 Å². The van der Waals surface area contributed by atoms with Crippen LogP contribution in [0.25, 0.3) is 11.6 Å². The van der Waals surface area contributed by atoms with Gasteiger partial charge in [0, 0.05) is 0 Å². The summed E-state index contributed by atoms with van der Waals surface area (Å²) < 4.78 is 45.1. The minimum Gasteiger partial charge on any atom is -0.461 e. The van der Waals surface area contributed by atoms with Crippen LogP contribution in [0.15, 0.2) is 52.2 Å². The van der Waals surface area contributed by atoms with E-state index in [2.05, 4.69) is 15.5 Å². The molecule has 2 aromatic heterocycles. The summed E-state index contributed by atoms with van der Waals surface area (Å²) in [6, 6.07) is 8.04. The average molecular weight is 383 g/mol. The lowest BCUT2D eigenvalue weighted by atomic mass is 10.1. The fourth-order valence-electron chi connectivity index (χ4n) is 2.10. The van der Waals surface area contributed by atoms with E-state index >= 15 is 0 Å². The number of thioether (sulfide) groups is 1. The molecule has 1 amide bonds. The summed E-state index contributed by atoms with van der Waals surface area (Å²) in [6.45, 7) is 0. The molecule has 1 aromatic carbocycles. The molecule has 11 heteroatoms. The largest absolute Gasteiger partial charge is 0.461 e. The highest BCUT2D eigenvalue weighted by molar-refractivity contribution is 7.99. The number of rotatable bonds is 5. The van der Waals surface area contributed by atoms with Gasteiger partial charge in [0.05, 0.1) is 23.3 Å². The quantitative estimate of drug-likeness (QED) is 0.519.